The molecule has 0 saturated carbocycles. The van der Waals surface area contributed by atoms with Gasteiger partial charge in [0.15, 0.2) is 0 Å². The molecule has 0 rings (SSSR count). The van der Waals surface area contributed by atoms with Crippen LogP contribution in [0.15, 0.2) is 0 Å². The third-order valence-electron chi connectivity index (χ3n) is 9.62. The van der Waals surface area contributed by atoms with Crippen molar-refractivity contribution in [2.45, 2.75) is 154 Å². The summed E-state index contributed by atoms with van der Waals surface area (Å²) in [4.78, 5) is 92.7. The summed E-state index contributed by atoms with van der Waals surface area (Å²) >= 11 is 0. The van der Waals surface area contributed by atoms with Crippen LogP contribution in [0.4, 0.5) is 0 Å². The van der Waals surface area contributed by atoms with Crippen LogP contribution in [-0.4, -0.2) is 143 Å². The number of aliphatic carboxylic acids is 2. The third-order valence-corrected chi connectivity index (χ3v) is 9.62. The number of unbranched alkanes of at least 4 members (excludes halogenated alkanes) is 13. The largest absolute Gasteiger partial charge is 0.481 e. The van der Waals surface area contributed by atoms with Gasteiger partial charge < -0.3 is 60.5 Å². The van der Waals surface area contributed by atoms with Crippen LogP contribution < -0.4 is 26.6 Å². The molecular formula is C44H79N5O14. The molecule has 0 bridgehead atoms. The average Bonchev–Trinajstić information content (AvgIpc) is 3.23. The molecule has 19 heteroatoms. The first kappa shape index (κ1) is 58.8. The van der Waals surface area contributed by atoms with Gasteiger partial charge in [-0.05, 0) is 39.0 Å². The summed E-state index contributed by atoms with van der Waals surface area (Å²) in [5.41, 5.74) is 0. The maximum absolute atomic E-state index is 12.1. The highest BCUT2D eigenvalue weighted by Crippen LogP contribution is 2.14. The first-order valence-corrected chi connectivity index (χ1v) is 23.0. The van der Waals surface area contributed by atoms with Crippen LogP contribution in [0.25, 0.3) is 0 Å². The standard InChI is InChI=1S/C44H79N5O14/c1-36(50)22-23-37(44(58)59)49-42(55)35-63-33-31-61-29-27-48-41(54)34-62-32-30-60-28-26-47-40(53)20-17-25-46-39(52)19-16-24-45-38(51)18-14-12-10-8-6-4-2-3-5-7-9-11-13-15-21-43(56)57/h37H,2-35H2,1H3,(H,45,51)(H,46,52)(H,47,53)(H,48,54)(H,49,55)(H,56,57)(H,58,59)/t37-/m0/s1. The number of carboxylic acid groups (broad SMARTS) is 2. The van der Waals surface area contributed by atoms with Crippen molar-refractivity contribution in [3.8, 4) is 0 Å². The first-order chi connectivity index (χ1) is 30.4. The second-order valence-corrected chi connectivity index (χ2v) is 15.5. The van der Waals surface area contributed by atoms with Crippen LogP contribution in [0.2, 0.25) is 0 Å². The molecule has 63 heavy (non-hydrogen) atoms. The normalized spacial score (nSPS) is 11.4. The van der Waals surface area contributed by atoms with E-state index in [0.29, 0.717) is 45.3 Å². The number of hydrogen-bond donors (Lipinski definition) is 7. The fraction of sp³-hybridized carbons (Fsp3) is 0.818. The molecule has 0 heterocycles. The second kappa shape index (κ2) is 43.1. The SMILES string of the molecule is CC(=O)CC[C@H](NC(=O)COCCOCCNC(=O)COCCOCCNC(=O)CCCNC(=O)CCCNC(=O)CCCCCCCCCCCCCCCCC(=O)O)C(=O)O. The van der Waals surface area contributed by atoms with E-state index in [2.05, 4.69) is 26.6 Å². The van der Waals surface area contributed by atoms with E-state index >= 15 is 0 Å². The molecule has 0 aliphatic heterocycles. The smallest absolute Gasteiger partial charge is 0.326 e. The number of ketones is 1. The van der Waals surface area contributed by atoms with E-state index in [1.807, 2.05) is 0 Å². The summed E-state index contributed by atoms with van der Waals surface area (Å²) < 4.78 is 21.1. The highest BCUT2D eigenvalue weighted by atomic mass is 16.5. The lowest BCUT2D eigenvalue weighted by molar-refractivity contribution is -0.143. The molecule has 0 aromatic rings. The maximum Gasteiger partial charge on any atom is 0.326 e. The minimum absolute atomic E-state index is 0.000254. The number of carboxylic acids is 2. The minimum atomic E-state index is -1.23. The van der Waals surface area contributed by atoms with Crippen molar-refractivity contribution in [3.63, 3.8) is 0 Å². The minimum Gasteiger partial charge on any atom is -0.481 e. The molecule has 0 aromatic carbocycles. The van der Waals surface area contributed by atoms with Gasteiger partial charge in [0.05, 0.1) is 39.6 Å². The van der Waals surface area contributed by atoms with Gasteiger partial charge in [0.2, 0.25) is 29.5 Å². The van der Waals surface area contributed by atoms with E-state index < -0.39 is 23.9 Å². The Kier molecular flexibility index (Phi) is 40.2. The van der Waals surface area contributed by atoms with E-state index in [4.69, 9.17) is 29.2 Å². The molecular weight excluding hydrogens is 823 g/mol. The number of carbonyl (C=O) groups excluding carboxylic acids is 6. The molecule has 0 aliphatic rings. The molecule has 19 nitrogen and oxygen atoms in total. The molecule has 0 radical (unpaired) electrons. The number of ether oxygens (including phenoxy) is 4. The van der Waals surface area contributed by atoms with E-state index in [9.17, 15) is 38.4 Å². The Bertz CT molecular complexity index is 1270. The molecule has 5 amide bonds. The zero-order valence-corrected chi connectivity index (χ0v) is 37.9. The van der Waals surface area contributed by atoms with Crippen LogP contribution in [0.5, 0.6) is 0 Å². The third kappa shape index (κ3) is 44.2. The Morgan fingerprint density at radius 2 is 0.762 bits per heavy atom. The number of nitrogens with one attached hydrogen (secondary N) is 5. The van der Waals surface area contributed by atoms with Gasteiger partial charge in [-0.15, -0.1) is 0 Å². The lowest BCUT2D eigenvalue weighted by Gasteiger charge is -2.14. The Morgan fingerprint density at radius 3 is 1.19 bits per heavy atom. The Morgan fingerprint density at radius 1 is 0.397 bits per heavy atom. The molecule has 0 aliphatic carbocycles. The van der Waals surface area contributed by atoms with Gasteiger partial charge in [0.1, 0.15) is 25.0 Å². The molecule has 0 fully saturated rings. The van der Waals surface area contributed by atoms with E-state index in [1.54, 1.807) is 0 Å². The van der Waals surface area contributed by atoms with Crippen molar-refractivity contribution in [3.05, 3.63) is 0 Å². The molecule has 1 atom stereocenters. The molecule has 0 spiro atoms. The zero-order valence-electron chi connectivity index (χ0n) is 37.9. The van der Waals surface area contributed by atoms with Gasteiger partial charge in [-0.3, -0.25) is 28.8 Å². The molecule has 7 N–H and O–H groups in total. The lowest BCUT2D eigenvalue weighted by Crippen LogP contribution is -2.42. The lowest BCUT2D eigenvalue weighted by atomic mass is 10.0. The first-order valence-electron chi connectivity index (χ1n) is 23.0. The van der Waals surface area contributed by atoms with E-state index in [-0.39, 0.29) is 114 Å². The fourth-order valence-corrected chi connectivity index (χ4v) is 6.09. The van der Waals surface area contributed by atoms with Crippen molar-refractivity contribution < 1.29 is 67.5 Å². The quantitative estimate of drug-likeness (QED) is 0.0432. The number of rotatable bonds is 46. The van der Waals surface area contributed by atoms with E-state index in [0.717, 1.165) is 38.5 Å². The van der Waals surface area contributed by atoms with Crippen LogP contribution in [0.3, 0.4) is 0 Å². The van der Waals surface area contributed by atoms with Crippen LogP contribution in [-0.2, 0) is 57.3 Å². The van der Waals surface area contributed by atoms with Gasteiger partial charge in [0.25, 0.3) is 0 Å². The van der Waals surface area contributed by atoms with Crippen LogP contribution in [0.1, 0.15) is 148 Å². The van der Waals surface area contributed by atoms with Crippen molar-refractivity contribution >= 4 is 47.3 Å². The van der Waals surface area contributed by atoms with Crippen LogP contribution >= 0.6 is 0 Å². The topological polar surface area (TPSA) is 274 Å². The van der Waals surface area contributed by atoms with Gasteiger partial charge in [-0.2, -0.15) is 0 Å². The van der Waals surface area contributed by atoms with Crippen molar-refractivity contribution in [2.75, 3.05) is 79.0 Å². The Hall–Kier alpha value is -4.20. The average molecular weight is 902 g/mol. The highest BCUT2D eigenvalue weighted by molar-refractivity contribution is 5.85. The van der Waals surface area contributed by atoms with Gasteiger partial charge in [0, 0.05) is 58.3 Å². The second-order valence-electron chi connectivity index (χ2n) is 15.5. The highest BCUT2D eigenvalue weighted by Gasteiger charge is 2.20. The molecule has 0 unspecified atom stereocenters. The Balaban J connectivity index is 3.50. The summed E-state index contributed by atoms with van der Waals surface area (Å²) in [6.45, 7) is 3.33. The molecule has 0 aromatic heterocycles. The predicted octanol–water partition coefficient (Wildman–Crippen LogP) is 3.34. The fourth-order valence-electron chi connectivity index (χ4n) is 6.09. The number of Topliss-reactive ketones (excluding diaryl/α,β-unsaturated/α-hetero) is 1. The predicted molar refractivity (Wildman–Crippen MR) is 235 cm³/mol. The van der Waals surface area contributed by atoms with Crippen molar-refractivity contribution in [1.29, 1.82) is 0 Å². The Labute approximate surface area is 374 Å². The number of carbonyl (C=O) groups is 8. The summed E-state index contributed by atoms with van der Waals surface area (Å²) in [7, 11) is 0. The summed E-state index contributed by atoms with van der Waals surface area (Å²) in [6.07, 6.45) is 18.4. The van der Waals surface area contributed by atoms with Crippen LogP contribution in [0, 0.1) is 0 Å². The molecule has 364 valence electrons. The van der Waals surface area contributed by atoms with Crippen molar-refractivity contribution in [1.82, 2.24) is 26.6 Å². The molecule has 0 saturated heterocycles. The maximum atomic E-state index is 12.1. The van der Waals surface area contributed by atoms with Gasteiger partial charge >= 0.3 is 11.9 Å². The summed E-state index contributed by atoms with van der Waals surface area (Å²) in [5.74, 6) is -3.30. The number of amides is 5. The number of hydrogen-bond acceptors (Lipinski definition) is 12. The zero-order chi connectivity index (χ0) is 46.6. The van der Waals surface area contributed by atoms with E-state index in [1.165, 1.54) is 58.3 Å². The van der Waals surface area contributed by atoms with Gasteiger partial charge in [-0.1, -0.05) is 77.0 Å². The van der Waals surface area contributed by atoms with Gasteiger partial charge in [-0.25, -0.2) is 4.79 Å². The summed E-state index contributed by atoms with van der Waals surface area (Å²) in [6, 6.07) is -1.17. The summed E-state index contributed by atoms with van der Waals surface area (Å²) in [5, 5.41) is 31.1. The van der Waals surface area contributed by atoms with Crippen molar-refractivity contribution in [2.24, 2.45) is 0 Å². The monoisotopic (exact) mass is 902 g/mol.